The number of nitrogens with one attached hydrogen (secondary N) is 1. The van der Waals surface area contributed by atoms with Gasteiger partial charge in [0.15, 0.2) is 0 Å². The van der Waals surface area contributed by atoms with Crippen molar-refractivity contribution in [2.24, 2.45) is 0 Å². The molecular formula is C30H46N4O4S2. The number of amides is 2. The van der Waals surface area contributed by atoms with Crippen LogP contribution in [-0.2, 0) is 23.0 Å². The number of sulfonamides is 1. The number of hydrogen-bond donors (Lipinski definition) is 1. The fourth-order valence-electron chi connectivity index (χ4n) is 5.07. The van der Waals surface area contributed by atoms with E-state index in [4.69, 9.17) is 0 Å². The van der Waals surface area contributed by atoms with Crippen molar-refractivity contribution in [3.05, 3.63) is 45.8 Å². The molecule has 1 aromatic carbocycles. The molecule has 0 saturated carbocycles. The number of hydrogen-bond acceptors (Lipinski definition) is 6. The molecule has 0 saturated heterocycles. The second kappa shape index (κ2) is 15.1. The molecule has 0 spiro atoms. The van der Waals surface area contributed by atoms with E-state index in [0.717, 1.165) is 68.6 Å². The monoisotopic (exact) mass is 590 g/mol. The maximum Gasteiger partial charge on any atom is 0.257 e. The average molecular weight is 591 g/mol. The summed E-state index contributed by atoms with van der Waals surface area (Å²) in [5, 5.41) is 3.58. The molecule has 2 aromatic rings. The number of thiophene rings is 1. The maximum atomic E-state index is 13.6. The fourth-order valence-corrected chi connectivity index (χ4v) is 7.86. The molecule has 0 unspecified atom stereocenters. The Labute approximate surface area is 244 Å². The topological polar surface area (TPSA) is 90.0 Å². The molecule has 0 atom stereocenters. The van der Waals surface area contributed by atoms with E-state index < -0.39 is 10.0 Å². The SMILES string of the molecule is CCCCN(CCCC)S(=O)(=O)c1ccc(C(=O)Nc2sc3c(c2C(=O)N(CC)CC)CCN(CCC)C3)cc1. The van der Waals surface area contributed by atoms with Gasteiger partial charge in [0, 0.05) is 49.7 Å². The molecule has 0 bridgehead atoms. The van der Waals surface area contributed by atoms with Gasteiger partial charge in [-0.3, -0.25) is 14.5 Å². The number of unbranched alkanes of at least 4 members (excludes halogenated alkanes) is 2. The highest BCUT2D eigenvalue weighted by molar-refractivity contribution is 7.89. The second-order valence-electron chi connectivity index (χ2n) is 10.3. The number of fused-ring (bicyclic) bond motifs is 1. The molecule has 0 fully saturated rings. The standard InChI is InChI=1S/C30H46N4O4S2/c1-6-11-19-34(20-12-7-2)40(37,38)24-15-13-23(14-16-24)28(35)31-29-27(30(36)33(9-4)10-5)25-17-21-32(18-8-3)22-26(25)39-29/h13-16H,6-12,17-22H2,1-5H3,(H,31,35). The Balaban J connectivity index is 1.87. The van der Waals surface area contributed by atoms with E-state index in [2.05, 4.69) is 17.1 Å². The molecule has 222 valence electrons. The first kappa shape index (κ1) is 32.2. The van der Waals surface area contributed by atoms with E-state index >= 15 is 0 Å². The lowest BCUT2D eigenvalue weighted by molar-refractivity contribution is 0.0772. The van der Waals surface area contributed by atoms with Gasteiger partial charge in [0.05, 0.1) is 10.5 Å². The average Bonchev–Trinajstić information content (AvgIpc) is 3.30. The Morgan fingerprint density at radius 1 is 0.950 bits per heavy atom. The van der Waals surface area contributed by atoms with Gasteiger partial charge in [-0.15, -0.1) is 11.3 Å². The predicted octanol–water partition coefficient (Wildman–Crippen LogP) is 5.84. The molecule has 3 rings (SSSR count). The third-order valence-electron chi connectivity index (χ3n) is 7.44. The van der Waals surface area contributed by atoms with Crippen molar-refractivity contribution >= 4 is 38.2 Å². The van der Waals surface area contributed by atoms with Crippen molar-refractivity contribution in [2.75, 3.05) is 44.6 Å². The van der Waals surface area contributed by atoms with Crippen LogP contribution in [0.2, 0.25) is 0 Å². The highest BCUT2D eigenvalue weighted by Crippen LogP contribution is 2.38. The Bertz CT molecular complexity index is 1230. The van der Waals surface area contributed by atoms with Gasteiger partial charge in [-0.25, -0.2) is 8.42 Å². The van der Waals surface area contributed by atoms with E-state index in [1.54, 1.807) is 21.3 Å². The van der Waals surface area contributed by atoms with E-state index in [1.807, 2.05) is 27.7 Å². The summed E-state index contributed by atoms with van der Waals surface area (Å²) in [4.78, 5) is 32.4. The van der Waals surface area contributed by atoms with Crippen molar-refractivity contribution in [3.63, 3.8) is 0 Å². The largest absolute Gasteiger partial charge is 0.339 e. The fraction of sp³-hybridized carbons (Fsp3) is 0.600. The number of nitrogens with zero attached hydrogens (tertiary/aromatic N) is 3. The summed E-state index contributed by atoms with van der Waals surface area (Å²) in [7, 11) is -3.64. The van der Waals surface area contributed by atoms with Crippen molar-refractivity contribution < 1.29 is 18.0 Å². The van der Waals surface area contributed by atoms with Crippen LogP contribution in [0.1, 0.15) is 97.9 Å². The minimum Gasteiger partial charge on any atom is -0.339 e. The molecule has 0 radical (unpaired) electrons. The molecule has 1 aliphatic rings. The lowest BCUT2D eigenvalue weighted by Crippen LogP contribution is -2.34. The zero-order chi connectivity index (χ0) is 29.3. The first-order valence-corrected chi connectivity index (χ1v) is 17.0. The lowest BCUT2D eigenvalue weighted by atomic mass is 10.0. The van der Waals surface area contributed by atoms with Crippen LogP contribution in [0.3, 0.4) is 0 Å². The van der Waals surface area contributed by atoms with Gasteiger partial charge in [0.2, 0.25) is 10.0 Å². The Hall–Kier alpha value is -2.27. The van der Waals surface area contributed by atoms with E-state index in [-0.39, 0.29) is 16.7 Å². The quantitative estimate of drug-likeness (QED) is 0.281. The molecule has 8 nitrogen and oxygen atoms in total. The minimum atomic E-state index is -3.64. The van der Waals surface area contributed by atoms with Gasteiger partial charge in [-0.05, 0) is 75.9 Å². The number of rotatable bonds is 15. The van der Waals surface area contributed by atoms with Crippen LogP contribution in [0.25, 0.3) is 0 Å². The molecule has 0 aliphatic carbocycles. The van der Waals surface area contributed by atoms with Gasteiger partial charge in [0.1, 0.15) is 5.00 Å². The third-order valence-corrected chi connectivity index (χ3v) is 10.5. The van der Waals surface area contributed by atoms with E-state index in [0.29, 0.717) is 42.3 Å². The summed E-state index contributed by atoms with van der Waals surface area (Å²) in [6, 6.07) is 6.14. The summed E-state index contributed by atoms with van der Waals surface area (Å²) in [5.74, 6) is -0.405. The molecule has 1 N–H and O–H groups in total. The van der Waals surface area contributed by atoms with Crippen LogP contribution < -0.4 is 5.32 Å². The summed E-state index contributed by atoms with van der Waals surface area (Å²) < 4.78 is 28.2. The predicted molar refractivity (Wildman–Crippen MR) is 164 cm³/mol. The molecule has 10 heteroatoms. The van der Waals surface area contributed by atoms with Crippen LogP contribution >= 0.6 is 11.3 Å². The Morgan fingerprint density at radius 3 is 2.12 bits per heavy atom. The summed E-state index contributed by atoms with van der Waals surface area (Å²) in [5.41, 5.74) is 2.01. The first-order chi connectivity index (χ1) is 19.2. The van der Waals surface area contributed by atoms with Crippen LogP contribution in [0, 0.1) is 0 Å². The number of anilines is 1. The van der Waals surface area contributed by atoms with E-state index in [9.17, 15) is 18.0 Å². The zero-order valence-electron chi connectivity index (χ0n) is 24.8. The highest BCUT2D eigenvalue weighted by atomic mass is 32.2. The van der Waals surface area contributed by atoms with Gasteiger partial charge in [-0.1, -0.05) is 33.6 Å². The lowest BCUT2D eigenvalue weighted by Gasteiger charge is -2.27. The van der Waals surface area contributed by atoms with Gasteiger partial charge in [0.25, 0.3) is 11.8 Å². The number of carbonyl (C=O) groups excluding carboxylic acids is 2. The Kier molecular flexibility index (Phi) is 12.2. The molecule has 1 aromatic heterocycles. The zero-order valence-corrected chi connectivity index (χ0v) is 26.4. The van der Waals surface area contributed by atoms with Gasteiger partial charge >= 0.3 is 0 Å². The second-order valence-corrected chi connectivity index (χ2v) is 13.3. The van der Waals surface area contributed by atoms with Gasteiger partial charge < -0.3 is 10.2 Å². The van der Waals surface area contributed by atoms with Crippen LogP contribution in [0.15, 0.2) is 29.2 Å². The van der Waals surface area contributed by atoms with E-state index in [1.165, 1.54) is 23.5 Å². The smallest absolute Gasteiger partial charge is 0.257 e. The Morgan fingerprint density at radius 2 is 1.57 bits per heavy atom. The maximum absolute atomic E-state index is 13.6. The van der Waals surface area contributed by atoms with Crippen molar-refractivity contribution in [2.45, 2.75) is 84.6 Å². The highest BCUT2D eigenvalue weighted by Gasteiger charge is 2.31. The molecule has 2 heterocycles. The third kappa shape index (κ3) is 7.51. The normalized spacial score (nSPS) is 13.8. The van der Waals surface area contributed by atoms with Crippen molar-refractivity contribution in [1.29, 1.82) is 0 Å². The van der Waals surface area contributed by atoms with Crippen LogP contribution in [0.5, 0.6) is 0 Å². The molecule has 1 aliphatic heterocycles. The summed E-state index contributed by atoms with van der Waals surface area (Å²) in [6.07, 6.45) is 5.29. The van der Waals surface area contributed by atoms with Crippen molar-refractivity contribution in [3.8, 4) is 0 Å². The van der Waals surface area contributed by atoms with Crippen LogP contribution in [-0.4, -0.2) is 73.6 Å². The number of benzene rings is 1. The minimum absolute atomic E-state index is 0.0533. The molecule has 2 amide bonds. The van der Waals surface area contributed by atoms with Crippen LogP contribution in [0.4, 0.5) is 5.00 Å². The molecule has 40 heavy (non-hydrogen) atoms. The number of carbonyl (C=O) groups is 2. The van der Waals surface area contributed by atoms with Crippen molar-refractivity contribution in [1.82, 2.24) is 14.1 Å². The summed E-state index contributed by atoms with van der Waals surface area (Å²) >= 11 is 1.48. The summed E-state index contributed by atoms with van der Waals surface area (Å²) in [6.45, 7) is 15.0. The first-order valence-electron chi connectivity index (χ1n) is 14.8. The molecular weight excluding hydrogens is 544 g/mol. The van der Waals surface area contributed by atoms with Gasteiger partial charge in [-0.2, -0.15) is 4.31 Å².